The summed E-state index contributed by atoms with van der Waals surface area (Å²) in [5.74, 6) is 0. The number of likely N-dealkylation sites (N-methyl/N-ethyl adjacent to an activating group) is 1. The number of fused-ring (bicyclic) bond motifs is 1. The third-order valence-corrected chi connectivity index (χ3v) is 5.05. The van der Waals surface area contributed by atoms with Crippen LogP contribution in [0.2, 0.25) is 0 Å². The van der Waals surface area contributed by atoms with Crippen molar-refractivity contribution in [2.24, 2.45) is 7.05 Å². The van der Waals surface area contributed by atoms with Crippen LogP contribution in [0.3, 0.4) is 0 Å². The second-order valence-corrected chi connectivity index (χ2v) is 7.03. The molecule has 0 aliphatic heterocycles. The van der Waals surface area contributed by atoms with Crippen LogP contribution < -0.4 is 5.32 Å². The number of hydrogen-bond donors (Lipinski definition) is 1. The quantitative estimate of drug-likeness (QED) is 0.755. The van der Waals surface area contributed by atoms with Gasteiger partial charge < -0.3 is 10.2 Å². The Morgan fingerprint density at radius 3 is 2.91 bits per heavy atom. The van der Waals surface area contributed by atoms with Crippen LogP contribution in [-0.2, 0) is 13.6 Å². The first-order valence-electron chi connectivity index (χ1n) is 7.75. The molecule has 1 atom stereocenters. The summed E-state index contributed by atoms with van der Waals surface area (Å²) < 4.78 is 1.83. The van der Waals surface area contributed by atoms with Crippen LogP contribution in [-0.4, -0.2) is 40.3 Å². The highest BCUT2D eigenvalue weighted by atomic mass is 32.1. The van der Waals surface area contributed by atoms with Gasteiger partial charge in [0.15, 0.2) is 5.65 Å². The molecule has 0 unspecified atom stereocenters. The molecule has 3 aromatic heterocycles. The standard InChI is InChI=1S/C17H23N5S/c1-12-14-8-13(10-19-17(14)22(4)20-12)9-18-11-15(21(2)3)16-6-5-7-23-16/h5-8,10,15,18H,9,11H2,1-4H3/t15-/m0/s1. The van der Waals surface area contributed by atoms with Gasteiger partial charge in [0.2, 0.25) is 0 Å². The fraction of sp³-hybridized carbons (Fsp3) is 0.412. The van der Waals surface area contributed by atoms with Crippen LogP contribution in [0.4, 0.5) is 0 Å². The Bertz CT molecular complexity index is 776. The van der Waals surface area contributed by atoms with E-state index in [9.17, 15) is 0 Å². The summed E-state index contributed by atoms with van der Waals surface area (Å²) in [5, 5.41) is 11.3. The average molecular weight is 329 g/mol. The molecule has 1 N–H and O–H groups in total. The first-order chi connectivity index (χ1) is 11.1. The van der Waals surface area contributed by atoms with Crippen molar-refractivity contribution in [2.45, 2.75) is 19.5 Å². The molecule has 0 spiro atoms. The molecule has 6 heteroatoms. The smallest absolute Gasteiger partial charge is 0.157 e. The molecule has 0 bridgehead atoms. The van der Waals surface area contributed by atoms with Gasteiger partial charge in [0.05, 0.1) is 11.7 Å². The fourth-order valence-electron chi connectivity index (χ4n) is 2.82. The number of nitrogens with zero attached hydrogens (tertiary/aromatic N) is 4. The van der Waals surface area contributed by atoms with Crippen LogP contribution >= 0.6 is 11.3 Å². The Labute approximate surface area is 141 Å². The van der Waals surface area contributed by atoms with E-state index in [0.717, 1.165) is 29.8 Å². The van der Waals surface area contributed by atoms with Gasteiger partial charge in [0.25, 0.3) is 0 Å². The maximum absolute atomic E-state index is 4.54. The van der Waals surface area contributed by atoms with Crippen molar-refractivity contribution < 1.29 is 0 Å². The number of aromatic nitrogens is 3. The van der Waals surface area contributed by atoms with Crippen LogP contribution in [0.1, 0.15) is 22.2 Å². The topological polar surface area (TPSA) is 46.0 Å². The summed E-state index contributed by atoms with van der Waals surface area (Å²) >= 11 is 1.81. The molecule has 3 heterocycles. The third kappa shape index (κ3) is 3.44. The van der Waals surface area contributed by atoms with Gasteiger partial charge in [-0.1, -0.05) is 6.07 Å². The highest BCUT2D eigenvalue weighted by molar-refractivity contribution is 7.10. The lowest BCUT2D eigenvalue weighted by molar-refractivity contribution is 0.292. The molecule has 5 nitrogen and oxygen atoms in total. The number of nitrogens with one attached hydrogen (secondary N) is 1. The average Bonchev–Trinajstić information content (AvgIpc) is 3.13. The minimum Gasteiger partial charge on any atom is -0.311 e. The van der Waals surface area contributed by atoms with Crippen LogP contribution in [0.15, 0.2) is 29.8 Å². The number of aryl methyl sites for hydroxylation is 2. The molecule has 122 valence electrons. The second-order valence-electron chi connectivity index (χ2n) is 6.05. The Hall–Kier alpha value is -1.76. The maximum atomic E-state index is 4.54. The summed E-state index contributed by atoms with van der Waals surface area (Å²) in [5.41, 5.74) is 3.16. The molecule has 3 aromatic rings. The van der Waals surface area contributed by atoms with Crippen LogP contribution in [0.5, 0.6) is 0 Å². The number of pyridine rings is 1. The summed E-state index contributed by atoms with van der Waals surface area (Å²) in [4.78, 5) is 8.18. The van der Waals surface area contributed by atoms with Crippen molar-refractivity contribution >= 4 is 22.4 Å². The van der Waals surface area contributed by atoms with Crippen molar-refractivity contribution in [2.75, 3.05) is 20.6 Å². The second kappa shape index (κ2) is 6.78. The molecule has 0 saturated heterocycles. The minimum atomic E-state index is 0.395. The van der Waals surface area contributed by atoms with Gasteiger partial charge in [-0.2, -0.15) is 5.10 Å². The van der Waals surface area contributed by atoms with Gasteiger partial charge in [0.1, 0.15) is 0 Å². The molecule has 0 amide bonds. The van der Waals surface area contributed by atoms with Crippen molar-refractivity contribution in [3.05, 3.63) is 45.9 Å². The van der Waals surface area contributed by atoms with Gasteiger partial charge in [-0.25, -0.2) is 4.98 Å². The summed E-state index contributed by atoms with van der Waals surface area (Å²) in [6, 6.07) is 6.89. The van der Waals surface area contributed by atoms with E-state index in [1.165, 1.54) is 10.4 Å². The van der Waals surface area contributed by atoms with E-state index in [2.05, 4.69) is 58.0 Å². The predicted octanol–water partition coefficient (Wildman–Crippen LogP) is 2.73. The predicted molar refractivity (Wildman–Crippen MR) is 95.7 cm³/mol. The molecule has 0 aliphatic rings. The van der Waals surface area contributed by atoms with E-state index in [-0.39, 0.29) is 0 Å². The first-order valence-corrected chi connectivity index (χ1v) is 8.63. The van der Waals surface area contributed by atoms with Gasteiger partial charge in [-0.05, 0) is 44.1 Å². The summed E-state index contributed by atoms with van der Waals surface area (Å²) in [7, 11) is 6.18. The van der Waals surface area contributed by atoms with E-state index in [1.54, 1.807) is 0 Å². The lowest BCUT2D eigenvalue weighted by Gasteiger charge is -2.23. The summed E-state index contributed by atoms with van der Waals surface area (Å²) in [6.07, 6.45) is 1.94. The zero-order valence-electron chi connectivity index (χ0n) is 14.1. The van der Waals surface area contributed by atoms with Gasteiger partial charge in [0, 0.05) is 36.6 Å². The normalized spacial score (nSPS) is 13.1. The molecule has 3 rings (SSSR count). The van der Waals surface area contributed by atoms with E-state index in [0.29, 0.717) is 6.04 Å². The van der Waals surface area contributed by atoms with E-state index < -0.39 is 0 Å². The molecule has 0 saturated carbocycles. The van der Waals surface area contributed by atoms with E-state index in [1.807, 2.05) is 36.2 Å². The highest BCUT2D eigenvalue weighted by Crippen LogP contribution is 2.22. The largest absolute Gasteiger partial charge is 0.311 e. The van der Waals surface area contributed by atoms with Crippen molar-refractivity contribution in [3.63, 3.8) is 0 Å². The molecule has 0 aliphatic carbocycles. The monoisotopic (exact) mass is 329 g/mol. The zero-order valence-corrected chi connectivity index (χ0v) is 14.9. The Morgan fingerprint density at radius 1 is 1.39 bits per heavy atom. The van der Waals surface area contributed by atoms with Crippen molar-refractivity contribution in [3.8, 4) is 0 Å². The Balaban J connectivity index is 1.67. The Morgan fingerprint density at radius 2 is 2.22 bits per heavy atom. The summed E-state index contributed by atoms with van der Waals surface area (Å²) in [6.45, 7) is 3.75. The lowest BCUT2D eigenvalue weighted by Crippen LogP contribution is -2.30. The molecule has 23 heavy (non-hydrogen) atoms. The molecule has 0 radical (unpaired) electrons. The third-order valence-electron chi connectivity index (χ3n) is 4.08. The molecular formula is C17H23N5S. The van der Waals surface area contributed by atoms with Gasteiger partial charge in [-0.15, -0.1) is 11.3 Å². The van der Waals surface area contributed by atoms with Crippen molar-refractivity contribution in [1.29, 1.82) is 0 Å². The SMILES string of the molecule is Cc1nn(C)c2ncc(CNC[C@@H](c3cccs3)N(C)C)cc12. The van der Waals surface area contributed by atoms with E-state index in [4.69, 9.17) is 0 Å². The van der Waals surface area contributed by atoms with Crippen LogP contribution in [0.25, 0.3) is 11.0 Å². The van der Waals surface area contributed by atoms with Gasteiger partial charge in [-0.3, -0.25) is 4.68 Å². The molecule has 0 aromatic carbocycles. The minimum absolute atomic E-state index is 0.395. The van der Waals surface area contributed by atoms with Crippen LogP contribution in [0, 0.1) is 6.92 Å². The first kappa shape index (κ1) is 16.1. The van der Waals surface area contributed by atoms with E-state index >= 15 is 0 Å². The lowest BCUT2D eigenvalue weighted by atomic mass is 10.2. The Kier molecular flexibility index (Phi) is 4.75. The maximum Gasteiger partial charge on any atom is 0.157 e. The highest BCUT2D eigenvalue weighted by Gasteiger charge is 2.14. The number of rotatable bonds is 6. The zero-order chi connectivity index (χ0) is 16.4. The van der Waals surface area contributed by atoms with Gasteiger partial charge >= 0.3 is 0 Å². The number of hydrogen-bond acceptors (Lipinski definition) is 5. The molecule has 0 fully saturated rings. The number of thiophene rings is 1. The fourth-order valence-corrected chi connectivity index (χ4v) is 3.74. The molecular weight excluding hydrogens is 306 g/mol. The van der Waals surface area contributed by atoms with Crippen molar-refractivity contribution in [1.82, 2.24) is 25.0 Å².